The van der Waals surface area contributed by atoms with Gasteiger partial charge in [-0.25, -0.2) is 0 Å². The van der Waals surface area contributed by atoms with Crippen LogP contribution in [0.1, 0.15) is 54.1 Å². The topological polar surface area (TPSA) is 22.0 Å². The second-order valence-electron chi connectivity index (χ2n) is 7.57. The zero-order valence-electron chi connectivity index (χ0n) is 16.5. The molecular formula is C26H27NO. The molecule has 0 saturated heterocycles. The number of nitrogens with zero attached hydrogens (tertiary/aromatic N) is 1. The van der Waals surface area contributed by atoms with Crippen molar-refractivity contribution in [3.63, 3.8) is 0 Å². The van der Waals surface area contributed by atoms with Gasteiger partial charge >= 0.3 is 0 Å². The van der Waals surface area contributed by atoms with Crippen molar-refractivity contribution in [3.8, 4) is 0 Å². The normalized spacial score (nSPS) is 11.3. The van der Waals surface area contributed by atoms with Crippen molar-refractivity contribution in [3.05, 3.63) is 83.4 Å². The summed E-state index contributed by atoms with van der Waals surface area (Å²) in [7, 11) is 0. The van der Waals surface area contributed by atoms with Crippen LogP contribution in [0.4, 0.5) is 0 Å². The van der Waals surface area contributed by atoms with Gasteiger partial charge in [0.05, 0.1) is 0 Å². The summed E-state index contributed by atoms with van der Waals surface area (Å²) < 4.78 is 2.48. The van der Waals surface area contributed by atoms with Gasteiger partial charge in [-0.05, 0) is 42.2 Å². The van der Waals surface area contributed by atoms with Crippen molar-refractivity contribution in [1.29, 1.82) is 0 Å². The van der Waals surface area contributed by atoms with Gasteiger partial charge in [0.2, 0.25) is 0 Å². The van der Waals surface area contributed by atoms with E-state index in [9.17, 15) is 4.79 Å². The van der Waals surface area contributed by atoms with Gasteiger partial charge in [-0.15, -0.1) is 0 Å². The van der Waals surface area contributed by atoms with Crippen LogP contribution in [0.3, 0.4) is 0 Å². The number of para-hydroxylation sites is 1. The summed E-state index contributed by atoms with van der Waals surface area (Å²) in [5, 5.41) is 2.63. The van der Waals surface area contributed by atoms with E-state index in [0.29, 0.717) is 0 Å². The fourth-order valence-corrected chi connectivity index (χ4v) is 4.18. The molecule has 0 N–H and O–H groups in total. The largest absolute Gasteiger partial charge is 0.340 e. The quantitative estimate of drug-likeness (QED) is 0.248. The van der Waals surface area contributed by atoms with Crippen LogP contribution < -0.4 is 0 Å². The average molecular weight is 370 g/mol. The van der Waals surface area contributed by atoms with Gasteiger partial charge in [-0.3, -0.25) is 4.79 Å². The standard InChI is InChI=1S/C26H27NO/c1-2-3-4-9-16-27-25-13-8-7-12-23(25)24-18-20(14-15-26(24)27)17-21-10-5-6-11-22(21)19-28/h5-8,10-15,18-19H,2-4,9,16-17H2,1H3. The molecule has 28 heavy (non-hydrogen) atoms. The summed E-state index contributed by atoms with van der Waals surface area (Å²) in [6.07, 6.45) is 6.80. The number of aldehydes is 1. The highest BCUT2D eigenvalue weighted by Crippen LogP contribution is 2.31. The second kappa shape index (κ2) is 8.43. The number of hydrogen-bond donors (Lipinski definition) is 0. The van der Waals surface area contributed by atoms with Gasteiger partial charge in [0.1, 0.15) is 6.29 Å². The van der Waals surface area contributed by atoms with Crippen LogP contribution in [0.25, 0.3) is 21.8 Å². The van der Waals surface area contributed by atoms with E-state index in [1.54, 1.807) is 0 Å². The molecule has 0 aliphatic heterocycles. The molecule has 1 heterocycles. The second-order valence-corrected chi connectivity index (χ2v) is 7.57. The van der Waals surface area contributed by atoms with Crippen LogP contribution in [0.5, 0.6) is 0 Å². The van der Waals surface area contributed by atoms with Gasteiger partial charge in [0, 0.05) is 33.9 Å². The number of fused-ring (bicyclic) bond motifs is 3. The van der Waals surface area contributed by atoms with E-state index in [-0.39, 0.29) is 0 Å². The molecular weight excluding hydrogens is 342 g/mol. The molecule has 0 atom stereocenters. The lowest BCUT2D eigenvalue weighted by Crippen LogP contribution is -1.98. The highest BCUT2D eigenvalue weighted by Gasteiger charge is 2.11. The fourth-order valence-electron chi connectivity index (χ4n) is 4.18. The van der Waals surface area contributed by atoms with Crippen molar-refractivity contribution in [2.75, 3.05) is 0 Å². The van der Waals surface area contributed by atoms with Crippen molar-refractivity contribution in [1.82, 2.24) is 4.57 Å². The summed E-state index contributed by atoms with van der Waals surface area (Å²) in [5.74, 6) is 0. The lowest BCUT2D eigenvalue weighted by molar-refractivity contribution is 0.112. The fraction of sp³-hybridized carbons (Fsp3) is 0.269. The number of hydrogen-bond acceptors (Lipinski definition) is 1. The average Bonchev–Trinajstić information content (AvgIpc) is 3.05. The number of unbranched alkanes of at least 4 members (excludes halogenated alkanes) is 3. The minimum atomic E-state index is 0.779. The first-order chi connectivity index (χ1) is 13.8. The van der Waals surface area contributed by atoms with Crippen LogP contribution in [-0.2, 0) is 13.0 Å². The van der Waals surface area contributed by atoms with Crippen molar-refractivity contribution < 1.29 is 4.79 Å². The van der Waals surface area contributed by atoms with Crippen molar-refractivity contribution in [2.45, 2.75) is 45.6 Å². The Morgan fingerprint density at radius 2 is 1.61 bits per heavy atom. The molecule has 0 saturated carbocycles. The van der Waals surface area contributed by atoms with Gasteiger partial charge in [-0.1, -0.05) is 74.7 Å². The maximum absolute atomic E-state index is 11.4. The molecule has 0 radical (unpaired) electrons. The van der Waals surface area contributed by atoms with E-state index >= 15 is 0 Å². The number of carbonyl (C=O) groups is 1. The Balaban J connectivity index is 1.73. The predicted molar refractivity (Wildman–Crippen MR) is 118 cm³/mol. The molecule has 0 unspecified atom stereocenters. The van der Waals surface area contributed by atoms with Crippen LogP contribution >= 0.6 is 0 Å². The Kier molecular flexibility index (Phi) is 5.57. The molecule has 4 aromatic rings. The zero-order chi connectivity index (χ0) is 19.3. The molecule has 142 valence electrons. The van der Waals surface area contributed by atoms with E-state index in [4.69, 9.17) is 0 Å². The third-order valence-electron chi connectivity index (χ3n) is 5.65. The van der Waals surface area contributed by atoms with E-state index in [1.165, 1.54) is 53.1 Å². The molecule has 0 aliphatic carbocycles. The molecule has 0 aliphatic rings. The highest BCUT2D eigenvalue weighted by atomic mass is 16.1. The van der Waals surface area contributed by atoms with Gasteiger partial charge in [-0.2, -0.15) is 0 Å². The highest BCUT2D eigenvalue weighted by molar-refractivity contribution is 6.08. The smallest absolute Gasteiger partial charge is 0.150 e. The Labute approximate surface area is 166 Å². The minimum absolute atomic E-state index is 0.779. The Hall–Kier alpha value is -2.87. The molecule has 0 spiro atoms. The summed E-state index contributed by atoms with van der Waals surface area (Å²) in [4.78, 5) is 11.4. The van der Waals surface area contributed by atoms with Crippen LogP contribution in [-0.4, -0.2) is 10.9 Å². The lowest BCUT2D eigenvalue weighted by Gasteiger charge is -2.08. The Morgan fingerprint density at radius 1 is 0.821 bits per heavy atom. The van der Waals surface area contributed by atoms with E-state index < -0.39 is 0 Å². The first-order valence-electron chi connectivity index (χ1n) is 10.3. The molecule has 0 amide bonds. The first-order valence-corrected chi connectivity index (χ1v) is 10.3. The van der Waals surface area contributed by atoms with Crippen molar-refractivity contribution in [2.24, 2.45) is 0 Å². The van der Waals surface area contributed by atoms with E-state index in [1.807, 2.05) is 24.3 Å². The molecule has 1 aromatic heterocycles. The summed E-state index contributed by atoms with van der Waals surface area (Å²) in [5.41, 5.74) is 5.74. The van der Waals surface area contributed by atoms with Gasteiger partial charge in [0.25, 0.3) is 0 Å². The molecule has 2 heteroatoms. The molecule has 4 rings (SSSR count). The van der Waals surface area contributed by atoms with Crippen LogP contribution in [0, 0.1) is 0 Å². The van der Waals surface area contributed by atoms with Gasteiger partial charge < -0.3 is 4.57 Å². The monoisotopic (exact) mass is 369 g/mol. The number of aromatic nitrogens is 1. The van der Waals surface area contributed by atoms with Gasteiger partial charge in [0.15, 0.2) is 0 Å². The lowest BCUT2D eigenvalue weighted by atomic mass is 9.99. The number of carbonyl (C=O) groups excluding carboxylic acids is 1. The summed E-state index contributed by atoms with van der Waals surface area (Å²) >= 11 is 0. The maximum Gasteiger partial charge on any atom is 0.150 e. The SMILES string of the molecule is CCCCCCn1c2ccccc2c2cc(Cc3ccccc3C=O)ccc21. The third kappa shape index (κ3) is 3.60. The maximum atomic E-state index is 11.4. The molecule has 3 aromatic carbocycles. The summed E-state index contributed by atoms with van der Waals surface area (Å²) in [6.45, 7) is 3.32. The molecule has 0 fully saturated rings. The number of benzene rings is 3. The first kappa shape index (κ1) is 18.5. The minimum Gasteiger partial charge on any atom is -0.340 e. The molecule has 0 bridgehead atoms. The Bertz CT molecular complexity index is 1110. The number of aryl methyl sites for hydroxylation is 1. The third-order valence-corrected chi connectivity index (χ3v) is 5.65. The van der Waals surface area contributed by atoms with Crippen LogP contribution in [0.2, 0.25) is 0 Å². The predicted octanol–water partition coefficient (Wildman–Crippen LogP) is 6.78. The number of rotatable bonds is 8. The van der Waals surface area contributed by atoms with Crippen LogP contribution in [0.15, 0.2) is 66.7 Å². The molecule has 2 nitrogen and oxygen atoms in total. The zero-order valence-corrected chi connectivity index (χ0v) is 16.5. The van der Waals surface area contributed by atoms with E-state index in [2.05, 4.69) is 54.0 Å². The van der Waals surface area contributed by atoms with E-state index in [0.717, 1.165) is 30.4 Å². The summed E-state index contributed by atoms with van der Waals surface area (Å²) in [6, 6.07) is 23.4. The van der Waals surface area contributed by atoms with Crippen molar-refractivity contribution >= 4 is 28.1 Å². The Morgan fingerprint density at radius 3 is 2.46 bits per heavy atom.